The van der Waals surface area contributed by atoms with E-state index in [0.717, 1.165) is 6.54 Å². The Morgan fingerprint density at radius 2 is 1.55 bits per heavy atom. The van der Waals surface area contributed by atoms with Gasteiger partial charge in [-0.2, -0.15) is 0 Å². The summed E-state index contributed by atoms with van der Waals surface area (Å²) in [5.74, 6) is 0. The second-order valence-corrected chi connectivity index (χ2v) is 7.42. The normalized spacial score (nSPS) is 27.6. The zero-order valence-electron chi connectivity index (χ0n) is 14.0. The molecular weight excluding hydrogens is 246 g/mol. The Hall–Kier alpha value is -0.120. The molecule has 0 aromatic carbocycles. The van der Waals surface area contributed by atoms with E-state index in [1.807, 2.05) is 0 Å². The van der Waals surface area contributed by atoms with Crippen molar-refractivity contribution in [3.63, 3.8) is 0 Å². The molecule has 0 atom stereocenters. The lowest BCUT2D eigenvalue weighted by Crippen LogP contribution is -2.61. The van der Waals surface area contributed by atoms with Gasteiger partial charge < -0.3 is 10.6 Å². The molecule has 118 valence electrons. The lowest BCUT2D eigenvalue weighted by molar-refractivity contribution is -0.0133. The summed E-state index contributed by atoms with van der Waals surface area (Å²) in [4.78, 5) is 5.36. The second-order valence-electron chi connectivity index (χ2n) is 7.42. The van der Waals surface area contributed by atoms with E-state index >= 15 is 0 Å². The summed E-state index contributed by atoms with van der Waals surface area (Å²) in [6.07, 6.45) is 7.83. The van der Waals surface area contributed by atoms with Gasteiger partial charge in [-0.05, 0) is 70.2 Å². The smallest absolute Gasteiger partial charge is 0.0356 e. The van der Waals surface area contributed by atoms with Crippen LogP contribution in [0.3, 0.4) is 0 Å². The van der Waals surface area contributed by atoms with Crippen molar-refractivity contribution in [1.29, 1.82) is 0 Å². The summed E-state index contributed by atoms with van der Waals surface area (Å²) in [5.41, 5.74) is 7.11. The lowest BCUT2D eigenvalue weighted by atomic mass is 9.75. The summed E-state index contributed by atoms with van der Waals surface area (Å²) in [7, 11) is 0. The molecule has 2 rings (SSSR count). The van der Waals surface area contributed by atoms with Gasteiger partial charge in [0, 0.05) is 12.1 Å². The van der Waals surface area contributed by atoms with Crippen molar-refractivity contribution in [2.24, 2.45) is 11.1 Å². The zero-order chi connectivity index (χ0) is 14.6. The number of nitrogens with zero attached hydrogens (tertiary/aromatic N) is 2. The molecular formula is C17H35N3. The van der Waals surface area contributed by atoms with Crippen molar-refractivity contribution in [3.05, 3.63) is 0 Å². The van der Waals surface area contributed by atoms with Crippen LogP contribution in [0.2, 0.25) is 0 Å². The van der Waals surface area contributed by atoms with Crippen LogP contribution in [-0.2, 0) is 0 Å². The van der Waals surface area contributed by atoms with Gasteiger partial charge in [-0.1, -0.05) is 27.2 Å². The fraction of sp³-hybridized carbons (Fsp3) is 1.00. The number of hydrogen-bond donors (Lipinski definition) is 1. The summed E-state index contributed by atoms with van der Waals surface area (Å²) in [5, 5.41) is 0. The third-order valence-corrected chi connectivity index (χ3v) is 6.20. The molecule has 0 aromatic heterocycles. The van der Waals surface area contributed by atoms with Gasteiger partial charge in [-0.25, -0.2) is 0 Å². The van der Waals surface area contributed by atoms with E-state index in [1.165, 1.54) is 71.2 Å². The van der Waals surface area contributed by atoms with E-state index in [1.54, 1.807) is 0 Å². The number of piperidine rings is 2. The summed E-state index contributed by atoms with van der Waals surface area (Å²) < 4.78 is 0. The van der Waals surface area contributed by atoms with Crippen molar-refractivity contribution in [3.8, 4) is 0 Å². The van der Waals surface area contributed by atoms with Crippen LogP contribution in [0.15, 0.2) is 0 Å². The molecule has 20 heavy (non-hydrogen) atoms. The molecule has 0 aromatic rings. The van der Waals surface area contributed by atoms with Gasteiger partial charge in [0.05, 0.1) is 0 Å². The maximum atomic E-state index is 6.23. The van der Waals surface area contributed by atoms with Gasteiger partial charge in [0.25, 0.3) is 0 Å². The summed E-state index contributed by atoms with van der Waals surface area (Å²) in [6, 6.07) is 0. The van der Waals surface area contributed by atoms with Gasteiger partial charge in [-0.15, -0.1) is 0 Å². The van der Waals surface area contributed by atoms with E-state index in [4.69, 9.17) is 5.73 Å². The molecule has 0 unspecified atom stereocenters. The van der Waals surface area contributed by atoms with Gasteiger partial charge in [0.15, 0.2) is 0 Å². The fourth-order valence-electron chi connectivity index (χ4n) is 4.03. The van der Waals surface area contributed by atoms with E-state index in [9.17, 15) is 0 Å². The second kappa shape index (κ2) is 6.76. The van der Waals surface area contributed by atoms with Crippen LogP contribution in [0.4, 0.5) is 0 Å². The maximum Gasteiger partial charge on any atom is 0.0356 e. The number of likely N-dealkylation sites (tertiary alicyclic amines) is 2. The predicted molar refractivity (Wildman–Crippen MR) is 87.0 cm³/mol. The monoisotopic (exact) mass is 281 g/mol. The van der Waals surface area contributed by atoms with Crippen LogP contribution in [0.5, 0.6) is 0 Å². The number of nitrogens with two attached hydrogens (primary N) is 1. The Bertz CT molecular complexity index is 287. The molecule has 0 bridgehead atoms. The Morgan fingerprint density at radius 3 is 2.00 bits per heavy atom. The minimum atomic E-state index is 0.305. The largest absolute Gasteiger partial charge is 0.329 e. The molecule has 2 heterocycles. The zero-order valence-corrected chi connectivity index (χ0v) is 14.0. The average molecular weight is 281 g/mol. The average Bonchev–Trinajstić information content (AvgIpc) is 2.49. The highest BCUT2D eigenvalue weighted by molar-refractivity contribution is 4.98. The van der Waals surface area contributed by atoms with E-state index < -0.39 is 0 Å². The molecule has 2 N–H and O–H groups in total. The Labute approximate surface area is 125 Å². The molecule has 0 saturated carbocycles. The first-order valence-corrected chi connectivity index (χ1v) is 8.75. The van der Waals surface area contributed by atoms with Crippen molar-refractivity contribution in [2.75, 3.05) is 39.3 Å². The van der Waals surface area contributed by atoms with Crippen LogP contribution < -0.4 is 5.73 Å². The van der Waals surface area contributed by atoms with E-state index in [2.05, 4.69) is 30.6 Å². The first kappa shape index (κ1) is 16.3. The highest BCUT2D eigenvalue weighted by atomic mass is 15.2. The van der Waals surface area contributed by atoms with E-state index in [0.29, 0.717) is 11.0 Å². The summed E-state index contributed by atoms with van der Waals surface area (Å²) >= 11 is 0. The minimum Gasteiger partial charge on any atom is -0.329 e. The van der Waals surface area contributed by atoms with Gasteiger partial charge >= 0.3 is 0 Å². The van der Waals surface area contributed by atoms with Crippen LogP contribution in [0.1, 0.15) is 59.3 Å². The predicted octanol–water partition coefficient (Wildman–Crippen LogP) is 2.70. The standard InChI is InChI=1S/C17H35N3/c1-4-10-19-11-8-17(15-18,9-12-19)20-13-6-16(3,5-2)7-14-20/h4-15,18H2,1-3H3. The molecule has 0 spiro atoms. The van der Waals surface area contributed by atoms with Crippen LogP contribution >= 0.6 is 0 Å². The first-order valence-electron chi connectivity index (χ1n) is 8.75. The fourth-order valence-corrected chi connectivity index (χ4v) is 4.03. The third-order valence-electron chi connectivity index (χ3n) is 6.20. The molecule has 0 radical (unpaired) electrons. The van der Waals surface area contributed by atoms with Gasteiger partial charge in [0.2, 0.25) is 0 Å². The Kier molecular flexibility index (Phi) is 5.49. The first-order chi connectivity index (χ1) is 9.57. The lowest BCUT2D eigenvalue weighted by Gasteiger charge is -2.52. The van der Waals surface area contributed by atoms with Crippen LogP contribution in [0.25, 0.3) is 0 Å². The van der Waals surface area contributed by atoms with Crippen LogP contribution in [0, 0.1) is 5.41 Å². The molecule has 2 fully saturated rings. The quantitative estimate of drug-likeness (QED) is 0.841. The highest BCUT2D eigenvalue weighted by Gasteiger charge is 2.41. The maximum absolute atomic E-state index is 6.23. The van der Waals surface area contributed by atoms with Gasteiger partial charge in [0.1, 0.15) is 0 Å². The van der Waals surface area contributed by atoms with E-state index in [-0.39, 0.29) is 0 Å². The Morgan fingerprint density at radius 1 is 0.950 bits per heavy atom. The van der Waals surface area contributed by atoms with Crippen molar-refractivity contribution in [1.82, 2.24) is 9.80 Å². The topological polar surface area (TPSA) is 32.5 Å². The van der Waals surface area contributed by atoms with Crippen molar-refractivity contribution >= 4 is 0 Å². The number of hydrogen-bond acceptors (Lipinski definition) is 3. The SMILES string of the molecule is CCCN1CCC(CN)(N2CCC(C)(CC)CC2)CC1. The molecule has 0 amide bonds. The highest BCUT2D eigenvalue weighted by Crippen LogP contribution is 2.38. The molecule has 3 heteroatoms. The number of rotatable bonds is 5. The minimum absolute atomic E-state index is 0.305. The molecule has 3 nitrogen and oxygen atoms in total. The third kappa shape index (κ3) is 3.37. The Balaban J connectivity index is 1.93. The molecule has 2 saturated heterocycles. The van der Waals surface area contributed by atoms with Crippen molar-refractivity contribution < 1.29 is 0 Å². The molecule has 2 aliphatic heterocycles. The molecule has 2 aliphatic rings. The van der Waals surface area contributed by atoms with Crippen LogP contribution in [-0.4, -0.2) is 54.6 Å². The van der Waals surface area contributed by atoms with Crippen molar-refractivity contribution in [2.45, 2.75) is 64.8 Å². The molecule has 0 aliphatic carbocycles. The summed E-state index contributed by atoms with van der Waals surface area (Å²) in [6.45, 7) is 14.2. The van der Waals surface area contributed by atoms with Gasteiger partial charge in [-0.3, -0.25) is 4.90 Å².